The first-order chi connectivity index (χ1) is 11.5. The zero-order valence-corrected chi connectivity index (χ0v) is 13.9. The number of imidazole rings is 1. The van der Waals surface area contributed by atoms with Crippen molar-refractivity contribution in [1.82, 2.24) is 13.7 Å². The van der Waals surface area contributed by atoms with Crippen LogP contribution >= 0.6 is 0 Å². The molecule has 1 saturated carbocycles. The summed E-state index contributed by atoms with van der Waals surface area (Å²) in [5, 5.41) is 8.72. The number of pyridine rings is 1. The third-order valence-electron chi connectivity index (χ3n) is 3.71. The molecule has 1 aliphatic rings. The highest BCUT2D eigenvalue weighted by Crippen LogP contribution is 2.32. The quantitative estimate of drug-likeness (QED) is 0.573. The van der Waals surface area contributed by atoms with Gasteiger partial charge in [0.05, 0.1) is 18.2 Å². The number of sulfonamides is 1. The largest absolute Gasteiger partial charge is 0.460 e. The fourth-order valence-corrected chi connectivity index (χ4v) is 4.18. The van der Waals surface area contributed by atoms with E-state index in [9.17, 15) is 13.2 Å². The van der Waals surface area contributed by atoms with Crippen LogP contribution in [0.2, 0.25) is 0 Å². The average molecular weight is 348 g/mol. The van der Waals surface area contributed by atoms with Gasteiger partial charge in [-0.05, 0) is 31.9 Å². The number of ether oxygens (including phenoxy) is 1. The lowest BCUT2D eigenvalue weighted by Gasteiger charge is -2.17. The van der Waals surface area contributed by atoms with Crippen molar-refractivity contribution >= 4 is 21.5 Å². The molecule has 3 rings (SSSR count). The first-order valence-corrected chi connectivity index (χ1v) is 8.97. The van der Waals surface area contributed by atoms with E-state index in [4.69, 9.17) is 10.00 Å². The van der Waals surface area contributed by atoms with Gasteiger partial charge in [0.2, 0.25) is 5.82 Å². The van der Waals surface area contributed by atoms with Crippen LogP contribution in [0.5, 0.6) is 0 Å². The molecule has 2 aromatic rings. The topological polar surface area (TPSA) is 105 Å². The molecule has 0 saturated heterocycles. The number of nitrogens with zero attached hydrogens (tertiary/aromatic N) is 4. The molecule has 0 amide bonds. The molecular weight excluding hydrogens is 332 g/mol. The van der Waals surface area contributed by atoms with E-state index in [-0.39, 0.29) is 35.6 Å². The van der Waals surface area contributed by atoms with Crippen molar-refractivity contribution in [2.45, 2.75) is 30.8 Å². The highest BCUT2D eigenvalue weighted by molar-refractivity contribution is 7.89. The van der Waals surface area contributed by atoms with Crippen LogP contribution in [-0.2, 0) is 14.8 Å². The van der Waals surface area contributed by atoms with E-state index in [1.54, 1.807) is 31.3 Å². The molecule has 126 valence electrons. The van der Waals surface area contributed by atoms with E-state index in [1.165, 1.54) is 4.40 Å². The van der Waals surface area contributed by atoms with Gasteiger partial charge in [0.15, 0.2) is 5.03 Å². The maximum absolute atomic E-state index is 13.0. The monoisotopic (exact) mass is 348 g/mol. The second kappa shape index (κ2) is 6.22. The molecule has 0 N–H and O–H groups in total. The maximum atomic E-state index is 13.0. The maximum Gasteiger partial charge on any atom is 0.374 e. The number of nitriles is 1. The van der Waals surface area contributed by atoms with Gasteiger partial charge >= 0.3 is 5.97 Å². The number of carbonyl (C=O) groups excluding carboxylic acids is 1. The Morgan fingerprint density at radius 3 is 2.88 bits per heavy atom. The van der Waals surface area contributed by atoms with Crippen LogP contribution in [0.25, 0.3) is 5.52 Å². The van der Waals surface area contributed by atoms with E-state index in [1.807, 2.05) is 6.07 Å². The fraction of sp³-hybridized carbons (Fsp3) is 0.400. The Morgan fingerprint density at radius 1 is 1.50 bits per heavy atom. The van der Waals surface area contributed by atoms with Crippen molar-refractivity contribution in [3.8, 4) is 6.07 Å². The summed E-state index contributed by atoms with van der Waals surface area (Å²) < 4.78 is 33.4. The SMILES string of the molecule is CCOC(=O)c1nc(S(=O)(=O)N(CC#N)C2CC2)c2ccccn12. The molecule has 2 heterocycles. The Balaban J connectivity index is 2.15. The zero-order valence-electron chi connectivity index (χ0n) is 13.0. The Morgan fingerprint density at radius 2 is 2.25 bits per heavy atom. The Kier molecular flexibility index (Phi) is 4.26. The lowest BCUT2D eigenvalue weighted by Crippen LogP contribution is -2.33. The number of esters is 1. The molecule has 1 aliphatic carbocycles. The van der Waals surface area contributed by atoms with Crippen LogP contribution in [0.15, 0.2) is 29.4 Å². The first-order valence-electron chi connectivity index (χ1n) is 7.53. The third-order valence-corrected chi connectivity index (χ3v) is 5.54. The second-order valence-electron chi connectivity index (χ2n) is 5.36. The van der Waals surface area contributed by atoms with E-state index >= 15 is 0 Å². The summed E-state index contributed by atoms with van der Waals surface area (Å²) in [7, 11) is -3.98. The van der Waals surface area contributed by atoms with Crippen molar-refractivity contribution in [3.63, 3.8) is 0 Å². The molecule has 0 atom stereocenters. The van der Waals surface area contributed by atoms with E-state index < -0.39 is 16.0 Å². The zero-order chi connectivity index (χ0) is 17.3. The highest BCUT2D eigenvalue weighted by atomic mass is 32.2. The Labute approximate surface area is 139 Å². The van der Waals surface area contributed by atoms with E-state index in [0.29, 0.717) is 0 Å². The van der Waals surface area contributed by atoms with Crippen LogP contribution < -0.4 is 0 Å². The summed E-state index contributed by atoms with van der Waals surface area (Å²) in [6, 6.07) is 6.61. The molecule has 24 heavy (non-hydrogen) atoms. The number of aromatic nitrogens is 2. The summed E-state index contributed by atoms with van der Waals surface area (Å²) in [5.74, 6) is -0.794. The van der Waals surface area contributed by atoms with Gasteiger partial charge in [0, 0.05) is 12.2 Å². The van der Waals surface area contributed by atoms with Crippen molar-refractivity contribution in [1.29, 1.82) is 5.26 Å². The van der Waals surface area contributed by atoms with E-state index in [0.717, 1.165) is 17.1 Å². The summed E-state index contributed by atoms with van der Waals surface area (Å²) in [5.41, 5.74) is 0.282. The van der Waals surface area contributed by atoms with Gasteiger partial charge < -0.3 is 4.74 Å². The molecule has 0 aromatic carbocycles. The molecule has 1 fully saturated rings. The first kappa shape index (κ1) is 16.4. The van der Waals surface area contributed by atoms with Gasteiger partial charge in [-0.15, -0.1) is 0 Å². The Bertz CT molecular complexity index is 925. The van der Waals surface area contributed by atoms with Crippen LogP contribution in [0.3, 0.4) is 0 Å². The van der Waals surface area contributed by atoms with Gasteiger partial charge in [-0.1, -0.05) is 6.07 Å². The molecule has 2 aromatic heterocycles. The molecule has 0 spiro atoms. The molecule has 0 bridgehead atoms. The van der Waals surface area contributed by atoms with Crippen LogP contribution in [0.4, 0.5) is 0 Å². The van der Waals surface area contributed by atoms with Gasteiger partial charge in [-0.3, -0.25) is 4.40 Å². The fourth-order valence-electron chi connectivity index (χ4n) is 2.49. The van der Waals surface area contributed by atoms with Crippen molar-refractivity contribution in [2.75, 3.05) is 13.2 Å². The second-order valence-corrected chi connectivity index (χ2v) is 7.16. The van der Waals surface area contributed by atoms with Crippen molar-refractivity contribution in [3.05, 3.63) is 30.2 Å². The number of fused-ring (bicyclic) bond motifs is 1. The summed E-state index contributed by atoms with van der Waals surface area (Å²) in [6.45, 7) is 1.58. The van der Waals surface area contributed by atoms with Gasteiger partial charge in [0.1, 0.15) is 6.54 Å². The smallest absolute Gasteiger partial charge is 0.374 e. The number of hydrogen-bond acceptors (Lipinski definition) is 6. The highest BCUT2D eigenvalue weighted by Gasteiger charge is 2.40. The minimum Gasteiger partial charge on any atom is -0.460 e. The van der Waals surface area contributed by atoms with Crippen LogP contribution in [0.1, 0.15) is 30.4 Å². The van der Waals surface area contributed by atoms with Crippen molar-refractivity contribution in [2.24, 2.45) is 0 Å². The molecule has 0 radical (unpaired) electrons. The minimum absolute atomic E-state index is 0.0984. The molecular formula is C15H16N4O4S. The van der Waals surface area contributed by atoms with Crippen LogP contribution in [0, 0.1) is 11.3 Å². The van der Waals surface area contributed by atoms with Gasteiger partial charge in [0.25, 0.3) is 10.0 Å². The third kappa shape index (κ3) is 2.74. The molecule has 8 nitrogen and oxygen atoms in total. The number of rotatable bonds is 6. The predicted molar refractivity (Wildman–Crippen MR) is 83.7 cm³/mol. The summed E-state index contributed by atoms with van der Waals surface area (Å²) in [6.07, 6.45) is 2.99. The van der Waals surface area contributed by atoms with Gasteiger partial charge in [-0.2, -0.15) is 9.57 Å². The summed E-state index contributed by atoms with van der Waals surface area (Å²) in [4.78, 5) is 16.1. The van der Waals surface area contributed by atoms with Crippen molar-refractivity contribution < 1.29 is 17.9 Å². The molecule has 9 heteroatoms. The lowest BCUT2D eigenvalue weighted by molar-refractivity contribution is 0.0511. The standard InChI is InChI=1S/C15H16N4O4S/c1-2-23-15(20)13-17-14(12-5-3-4-9-18(12)13)24(21,22)19(10-8-16)11-6-7-11/h3-5,9,11H,2,6-7,10H2,1H3. The lowest BCUT2D eigenvalue weighted by atomic mass is 10.4. The minimum atomic E-state index is -3.98. The summed E-state index contributed by atoms with van der Waals surface area (Å²) >= 11 is 0. The Hall–Kier alpha value is -2.44. The number of carbonyl (C=O) groups is 1. The van der Waals surface area contributed by atoms with Gasteiger partial charge in [-0.25, -0.2) is 18.2 Å². The average Bonchev–Trinajstić information content (AvgIpc) is 3.31. The molecule has 0 unspecified atom stereocenters. The molecule has 0 aliphatic heterocycles. The number of hydrogen-bond donors (Lipinski definition) is 0. The van der Waals surface area contributed by atoms with Crippen LogP contribution in [-0.4, -0.2) is 47.3 Å². The normalized spacial score (nSPS) is 14.7. The predicted octanol–water partition coefficient (Wildman–Crippen LogP) is 1.19. The van der Waals surface area contributed by atoms with E-state index in [2.05, 4.69) is 4.98 Å².